The van der Waals surface area contributed by atoms with E-state index in [1.807, 2.05) is 36.4 Å². The summed E-state index contributed by atoms with van der Waals surface area (Å²) >= 11 is 6.11. The number of H-pyrrole nitrogens is 1. The van der Waals surface area contributed by atoms with Crippen molar-refractivity contribution in [1.29, 1.82) is 0 Å². The summed E-state index contributed by atoms with van der Waals surface area (Å²) in [6.45, 7) is 4.28. The van der Waals surface area contributed by atoms with Gasteiger partial charge < -0.3 is 9.53 Å². The van der Waals surface area contributed by atoms with Crippen molar-refractivity contribution >= 4 is 17.9 Å². The highest BCUT2D eigenvalue weighted by Gasteiger charge is 2.29. The molecule has 1 atom stereocenters. The predicted octanol–water partition coefficient (Wildman–Crippen LogP) is 5.16. The van der Waals surface area contributed by atoms with Gasteiger partial charge >= 0.3 is 0 Å². The molecular weight excluding hydrogens is 386 g/mol. The largest absolute Gasteiger partial charge is 0.489 e. The Kier molecular flexibility index (Phi) is 5.97. The minimum atomic E-state index is -0.145. The summed E-state index contributed by atoms with van der Waals surface area (Å²) in [5.74, 6) is 0.795. The Bertz CT molecular complexity index is 1000. The molecule has 150 valence electrons. The average Bonchev–Trinajstić information content (AvgIpc) is 3.34. The van der Waals surface area contributed by atoms with Gasteiger partial charge in [-0.2, -0.15) is 5.10 Å². The van der Waals surface area contributed by atoms with Gasteiger partial charge in [0, 0.05) is 22.7 Å². The van der Waals surface area contributed by atoms with E-state index in [2.05, 4.69) is 28.1 Å². The van der Waals surface area contributed by atoms with Gasteiger partial charge in [0.15, 0.2) is 0 Å². The maximum Gasteiger partial charge on any atom is 0.141 e. The highest BCUT2D eigenvalue weighted by molar-refractivity contribution is 6.30. The molecule has 1 unspecified atom stereocenters. The summed E-state index contributed by atoms with van der Waals surface area (Å²) in [5, 5.41) is 7.88. The number of carbonyl (C=O) groups excluding carboxylic acids is 1. The molecule has 0 radical (unpaired) electrons. The number of ether oxygens (including phenoxy) is 1. The molecule has 0 saturated heterocycles. The molecule has 1 aromatic heterocycles. The van der Waals surface area contributed by atoms with E-state index >= 15 is 0 Å². The fourth-order valence-corrected chi connectivity index (χ4v) is 4.02. The molecule has 0 aliphatic carbocycles. The lowest BCUT2D eigenvalue weighted by Crippen LogP contribution is -2.24. The van der Waals surface area contributed by atoms with Crippen molar-refractivity contribution in [1.82, 2.24) is 15.1 Å². The Morgan fingerprint density at radius 1 is 1.31 bits per heavy atom. The van der Waals surface area contributed by atoms with Crippen molar-refractivity contribution in [2.45, 2.75) is 39.0 Å². The van der Waals surface area contributed by atoms with Crippen LogP contribution in [0.25, 0.3) is 11.3 Å². The van der Waals surface area contributed by atoms with Gasteiger partial charge in [-0.05, 0) is 48.4 Å². The van der Waals surface area contributed by atoms with Gasteiger partial charge in [-0.1, -0.05) is 43.1 Å². The van der Waals surface area contributed by atoms with E-state index in [-0.39, 0.29) is 6.04 Å². The Morgan fingerprint density at radius 3 is 3.00 bits per heavy atom. The van der Waals surface area contributed by atoms with Crippen LogP contribution < -0.4 is 4.74 Å². The van der Waals surface area contributed by atoms with E-state index in [0.29, 0.717) is 11.6 Å². The molecule has 1 aliphatic heterocycles. The second kappa shape index (κ2) is 8.80. The summed E-state index contributed by atoms with van der Waals surface area (Å²) in [4.78, 5) is 13.8. The van der Waals surface area contributed by atoms with Crippen molar-refractivity contribution in [3.63, 3.8) is 0 Å². The topological polar surface area (TPSA) is 58.2 Å². The number of aromatic nitrogens is 2. The fourth-order valence-electron chi connectivity index (χ4n) is 3.83. The lowest BCUT2D eigenvalue weighted by Gasteiger charge is -2.19. The number of nitrogens with one attached hydrogen (secondary N) is 1. The first-order valence-corrected chi connectivity index (χ1v) is 10.3. The number of unbranched alkanes of at least 4 members (excludes halogenated alkanes) is 1. The van der Waals surface area contributed by atoms with E-state index in [9.17, 15) is 4.79 Å². The first-order chi connectivity index (χ1) is 14.2. The summed E-state index contributed by atoms with van der Waals surface area (Å²) in [6.07, 6.45) is 5.03. The minimum absolute atomic E-state index is 0.145. The molecule has 4 rings (SSSR count). The van der Waals surface area contributed by atoms with Gasteiger partial charge in [-0.15, -0.1) is 0 Å². The van der Waals surface area contributed by atoms with Crippen LogP contribution in [0, 0.1) is 0 Å². The molecule has 0 fully saturated rings. The first-order valence-electron chi connectivity index (χ1n) is 9.92. The third-order valence-electron chi connectivity index (χ3n) is 5.35. The third-order valence-corrected chi connectivity index (χ3v) is 5.59. The summed E-state index contributed by atoms with van der Waals surface area (Å²) in [7, 11) is 0. The molecule has 3 aromatic rings. The normalized spacial score (nSPS) is 16.0. The van der Waals surface area contributed by atoms with Gasteiger partial charge in [-0.25, -0.2) is 0 Å². The summed E-state index contributed by atoms with van der Waals surface area (Å²) < 4.78 is 6.05. The lowest BCUT2D eigenvalue weighted by atomic mass is 10.1. The highest BCUT2D eigenvalue weighted by atomic mass is 35.5. The molecule has 2 heterocycles. The Balaban J connectivity index is 1.48. The molecular formula is C23H24ClN3O2. The van der Waals surface area contributed by atoms with Crippen LogP contribution in [-0.2, 0) is 17.9 Å². The van der Waals surface area contributed by atoms with E-state index in [1.165, 1.54) is 0 Å². The molecule has 6 heteroatoms. The molecule has 5 nitrogen and oxygen atoms in total. The molecule has 1 aliphatic rings. The quantitative estimate of drug-likeness (QED) is 0.522. The monoisotopic (exact) mass is 409 g/mol. The zero-order valence-electron chi connectivity index (χ0n) is 16.4. The number of halogens is 1. The number of aromatic amines is 1. The van der Waals surface area contributed by atoms with Gasteiger partial charge in [0.05, 0.1) is 17.9 Å². The van der Waals surface area contributed by atoms with E-state index in [1.54, 1.807) is 6.20 Å². The van der Waals surface area contributed by atoms with Crippen molar-refractivity contribution in [2.24, 2.45) is 0 Å². The van der Waals surface area contributed by atoms with Crippen LogP contribution in [0.15, 0.2) is 48.7 Å². The molecule has 0 amide bonds. The maximum atomic E-state index is 11.6. The molecule has 0 saturated carbocycles. The Morgan fingerprint density at radius 2 is 2.21 bits per heavy atom. The van der Waals surface area contributed by atoms with Crippen LogP contribution in [0.3, 0.4) is 0 Å². The van der Waals surface area contributed by atoms with Gasteiger partial charge in [-0.3, -0.25) is 10.00 Å². The molecule has 29 heavy (non-hydrogen) atoms. The molecule has 2 aromatic carbocycles. The second-order valence-corrected chi connectivity index (χ2v) is 7.77. The van der Waals surface area contributed by atoms with Gasteiger partial charge in [0.2, 0.25) is 0 Å². The van der Waals surface area contributed by atoms with Crippen molar-refractivity contribution in [3.8, 4) is 17.0 Å². The third kappa shape index (κ3) is 4.21. The van der Waals surface area contributed by atoms with Crippen LogP contribution in [-0.4, -0.2) is 27.9 Å². The number of fused-ring (bicyclic) bond motifs is 1. The number of nitrogens with zero attached hydrogens (tertiary/aromatic N) is 2. The summed E-state index contributed by atoms with van der Waals surface area (Å²) in [5.41, 5.74) is 5.09. The molecule has 0 bridgehead atoms. The number of hydrogen-bond donors (Lipinski definition) is 1. The minimum Gasteiger partial charge on any atom is -0.489 e. The van der Waals surface area contributed by atoms with Crippen molar-refractivity contribution in [3.05, 3.63) is 70.4 Å². The van der Waals surface area contributed by atoms with Crippen LogP contribution >= 0.6 is 11.6 Å². The SMILES string of the molecule is CCCCN1Cc2cc(OCc3cn[nH]c3-c3cccc(Cl)c3)ccc2C1C=O. The highest BCUT2D eigenvalue weighted by Crippen LogP contribution is 2.35. The van der Waals surface area contributed by atoms with Crippen LogP contribution in [0.1, 0.15) is 42.5 Å². The maximum absolute atomic E-state index is 11.6. The van der Waals surface area contributed by atoms with Gasteiger partial charge in [0.1, 0.15) is 18.6 Å². The fraction of sp³-hybridized carbons (Fsp3) is 0.304. The predicted molar refractivity (Wildman–Crippen MR) is 114 cm³/mol. The van der Waals surface area contributed by atoms with Crippen molar-refractivity contribution in [2.75, 3.05) is 6.54 Å². The van der Waals surface area contributed by atoms with Crippen molar-refractivity contribution < 1.29 is 9.53 Å². The smallest absolute Gasteiger partial charge is 0.141 e. The van der Waals surface area contributed by atoms with Crippen LogP contribution in [0.5, 0.6) is 5.75 Å². The van der Waals surface area contributed by atoms with E-state index < -0.39 is 0 Å². The Labute approximate surface area is 175 Å². The zero-order valence-corrected chi connectivity index (χ0v) is 17.2. The van der Waals surface area contributed by atoms with E-state index in [0.717, 1.165) is 65.9 Å². The first kappa shape index (κ1) is 19.7. The average molecular weight is 410 g/mol. The van der Waals surface area contributed by atoms with Crippen LogP contribution in [0.2, 0.25) is 5.02 Å². The zero-order chi connectivity index (χ0) is 20.2. The second-order valence-electron chi connectivity index (χ2n) is 7.33. The van der Waals surface area contributed by atoms with E-state index in [4.69, 9.17) is 16.3 Å². The number of rotatable bonds is 8. The Hall–Kier alpha value is -2.63. The number of hydrogen-bond acceptors (Lipinski definition) is 4. The van der Waals surface area contributed by atoms with Crippen LogP contribution in [0.4, 0.5) is 0 Å². The standard InChI is InChI=1S/C23H24ClN3O2/c1-2-3-9-27-13-17-11-20(7-8-21(17)22(27)14-28)29-15-18-12-25-26-23(18)16-5-4-6-19(24)10-16/h4-8,10-12,14,22H,2-3,9,13,15H2,1H3,(H,25,26). The molecule has 0 spiro atoms. The lowest BCUT2D eigenvalue weighted by molar-refractivity contribution is -0.112. The van der Waals surface area contributed by atoms with Gasteiger partial charge in [0.25, 0.3) is 0 Å². The number of benzene rings is 2. The summed E-state index contributed by atoms with van der Waals surface area (Å²) in [6, 6.07) is 13.5. The number of aldehydes is 1. The number of carbonyl (C=O) groups is 1. The molecule has 1 N–H and O–H groups in total.